The second kappa shape index (κ2) is 9.11. The van der Waals surface area contributed by atoms with Crippen molar-refractivity contribution in [3.8, 4) is 11.5 Å². The zero-order valence-corrected chi connectivity index (χ0v) is 21.8. The van der Waals surface area contributed by atoms with Gasteiger partial charge in [0.2, 0.25) is 6.79 Å². The molecule has 0 spiro atoms. The number of likely N-dealkylation sites (tertiary alicyclic amines) is 1. The van der Waals surface area contributed by atoms with E-state index in [1.807, 2.05) is 62.4 Å². The highest BCUT2D eigenvalue weighted by Crippen LogP contribution is 2.42. The molecule has 37 heavy (non-hydrogen) atoms. The van der Waals surface area contributed by atoms with Crippen molar-refractivity contribution in [2.45, 2.75) is 52.6 Å². The number of ether oxygens (including phenoxy) is 2. The number of hydrogen-bond donors (Lipinski definition) is 1. The number of ketones is 1. The Labute approximate surface area is 217 Å². The van der Waals surface area contributed by atoms with Gasteiger partial charge < -0.3 is 19.5 Å². The van der Waals surface area contributed by atoms with Crippen LogP contribution in [0.2, 0.25) is 0 Å². The summed E-state index contributed by atoms with van der Waals surface area (Å²) in [7, 11) is 0. The number of hydrogen-bond acceptors (Lipinski definition) is 5. The third-order valence-electron chi connectivity index (χ3n) is 7.20. The van der Waals surface area contributed by atoms with Gasteiger partial charge in [-0.25, -0.2) is 0 Å². The molecule has 1 saturated heterocycles. The van der Waals surface area contributed by atoms with Crippen molar-refractivity contribution in [1.29, 1.82) is 0 Å². The van der Waals surface area contributed by atoms with Gasteiger partial charge in [-0.2, -0.15) is 0 Å². The van der Waals surface area contributed by atoms with E-state index in [0.29, 0.717) is 17.1 Å². The van der Waals surface area contributed by atoms with Crippen LogP contribution in [0.1, 0.15) is 60.2 Å². The molecule has 1 fully saturated rings. The summed E-state index contributed by atoms with van der Waals surface area (Å²) in [5.74, 6) is -0.251. The molecule has 3 aromatic carbocycles. The summed E-state index contributed by atoms with van der Waals surface area (Å²) >= 11 is 0. The maximum atomic E-state index is 13.4. The molecule has 2 aliphatic rings. The molecule has 1 N–H and O–H groups in total. The van der Waals surface area contributed by atoms with Crippen molar-refractivity contribution in [3.63, 3.8) is 0 Å². The quantitative estimate of drug-likeness (QED) is 0.274. The van der Waals surface area contributed by atoms with Gasteiger partial charge >= 0.3 is 0 Å². The van der Waals surface area contributed by atoms with Crippen LogP contribution in [0, 0.1) is 13.8 Å². The predicted molar refractivity (Wildman–Crippen MR) is 141 cm³/mol. The number of carbonyl (C=O) groups excluding carboxylic acids is 2. The number of benzene rings is 3. The number of aryl methyl sites for hydroxylation is 2. The first-order valence-electron chi connectivity index (χ1n) is 12.4. The molecule has 5 rings (SSSR count). The first kappa shape index (κ1) is 24.6. The van der Waals surface area contributed by atoms with Crippen molar-refractivity contribution >= 4 is 17.4 Å². The molecule has 0 bridgehead atoms. The zero-order chi connectivity index (χ0) is 26.5. The zero-order valence-electron chi connectivity index (χ0n) is 21.8. The van der Waals surface area contributed by atoms with E-state index < -0.39 is 17.7 Å². The summed E-state index contributed by atoms with van der Waals surface area (Å²) in [6.07, 6.45) is 0. The Kier molecular flexibility index (Phi) is 6.06. The Bertz CT molecular complexity index is 1430. The molecule has 2 aliphatic heterocycles. The highest BCUT2D eigenvalue weighted by Gasteiger charge is 2.46. The minimum absolute atomic E-state index is 0.0494. The third-order valence-corrected chi connectivity index (χ3v) is 7.20. The number of aliphatic hydroxyl groups excluding tert-OH is 1. The molecule has 0 radical (unpaired) electrons. The van der Waals surface area contributed by atoms with Gasteiger partial charge in [-0.05, 0) is 65.3 Å². The lowest BCUT2D eigenvalue weighted by atomic mass is 9.85. The maximum absolute atomic E-state index is 13.4. The standard InChI is InChI=1S/C31H31NO5/c1-18-6-8-22(14-19(18)2)28(33)26-27(21-9-11-23(12-10-21)31(3,4)5)32(30(35)29(26)34)16-20-7-13-24-25(15-20)37-17-36-24/h6-15,27,33H,16-17H2,1-5H3/b28-26+. The highest BCUT2D eigenvalue weighted by molar-refractivity contribution is 6.46. The van der Waals surface area contributed by atoms with Crippen LogP contribution in [-0.2, 0) is 21.5 Å². The molecule has 6 heteroatoms. The fourth-order valence-electron chi connectivity index (χ4n) is 4.84. The van der Waals surface area contributed by atoms with E-state index in [9.17, 15) is 14.7 Å². The van der Waals surface area contributed by atoms with Crippen molar-refractivity contribution < 1.29 is 24.2 Å². The van der Waals surface area contributed by atoms with Gasteiger partial charge in [-0.15, -0.1) is 0 Å². The summed E-state index contributed by atoms with van der Waals surface area (Å²) in [6.45, 7) is 10.7. The van der Waals surface area contributed by atoms with Gasteiger partial charge in [0.15, 0.2) is 11.5 Å². The van der Waals surface area contributed by atoms with E-state index in [1.54, 1.807) is 12.1 Å². The van der Waals surface area contributed by atoms with E-state index in [-0.39, 0.29) is 30.1 Å². The van der Waals surface area contributed by atoms with Crippen LogP contribution >= 0.6 is 0 Å². The lowest BCUT2D eigenvalue weighted by Crippen LogP contribution is -2.29. The second-order valence-electron chi connectivity index (χ2n) is 10.8. The minimum atomic E-state index is -0.735. The SMILES string of the molecule is Cc1ccc(/C(O)=C2\C(=O)C(=O)N(Cc3ccc4c(c3)OCO4)C2c2ccc(C(C)(C)C)cc2)cc1C. The number of fused-ring (bicyclic) bond motifs is 1. The first-order valence-corrected chi connectivity index (χ1v) is 12.4. The number of aliphatic hydroxyl groups is 1. The van der Waals surface area contributed by atoms with Crippen LogP contribution in [-0.4, -0.2) is 28.5 Å². The van der Waals surface area contributed by atoms with Crippen molar-refractivity contribution in [1.82, 2.24) is 4.90 Å². The van der Waals surface area contributed by atoms with Gasteiger partial charge in [0.05, 0.1) is 11.6 Å². The molecule has 0 aliphatic carbocycles. The van der Waals surface area contributed by atoms with Crippen molar-refractivity contribution in [2.75, 3.05) is 6.79 Å². The van der Waals surface area contributed by atoms with Gasteiger partial charge in [-0.3, -0.25) is 9.59 Å². The summed E-state index contributed by atoms with van der Waals surface area (Å²) < 4.78 is 10.9. The van der Waals surface area contributed by atoms with Crippen LogP contribution in [0.15, 0.2) is 66.2 Å². The fraction of sp³-hybridized carbons (Fsp3) is 0.290. The molecule has 0 aromatic heterocycles. The molecule has 6 nitrogen and oxygen atoms in total. The van der Waals surface area contributed by atoms with Crippen LogP contribution < -0.4 is 9.47 Å². The Morgan fingerprint density at radius 2 is 1.62 bits per heavy atom. The molecule has 2 heterocycles. The Balaban J connectivity index is 1.62. The van der Waals surface area contributed by atoms with E-state index in [4.69, 9.17) is 9.47 Å². The Hall–Kier alpha value is -4.06. The van der Waals surface area contributed by atoms with Gasteiger partial charge in [0.1, 0.15) is 5.76 Å². The van der Waals surface area contributed by atoms with Gasteiger partial charge in [-0.1, -0.05) is 63.2 Å². The second-order valence-corrected chi connectivity index (χ2v) is 10.8. The van der Waals surface area contributed by atoms with Crippen LogP contribution in [0.25, 0.3) is 5.76 Å². The van der Waals surface area contributed by atoms with Crippen molar-refractivity contribution in [2.24, 2.45) is 0 Å². The summed E-state index contributed by atoms with van der Waals surface area (Å²) in [6, 6.07) is 18.2. The molecule has 0 saturated carbocycles. The molecule has 1 unspecified atom stereocenters. The third kappa shape index (κ3) is 4.48. The summed E-state index contributed by atoms with van der Waals surface area (Å²) in [5.41, 5.74) is 5.33. The number of nitrogens with zero attached hydrogens (tertiary/aromatic N) is 1. The van der Waals surface area contributed by atoms with E-state index in [1.165, 1.54) is 4.90 Å². The van der Waals surface area contributed by atoms with Gasteiger partial charge in [0, 0.05) is 12.1 Å². The molecule has 1 amide bonds. The van der Waals surface area contributed by atoms with Crippen LogP contribution in [0.4, 0.5) is 0 Å². The Morgan fingerprint density at radius 3 is 2.30 bits per heavy atom. The topological polar surface area (TPSA) is 76.1 Å². The Morgan fingerprint density at radius 1 is 0.919 bits per heavy atom. The monoisotopic (exact) mass is 497 g/mol. The largest absolute Gasteiger partial charge is 0.507 e. The van der Waals surface area contributed by atoms with Gasteiger partial charge in [0.25, 0.3) is 11.7 Å². The predicted octanol–water partition coefficient (Wildman–Crippen LogP) is 5.95. The minimum Gasteiger partial charge on any atom is -0.507 e. The highest BCUT2D eigenvalue weighted by atomic mass is 16.7. The van der Waals surface area contributed by atoms with Crippen LogP contribution in [0.3, 0.4) is 0 Å². The number of amides is 1. The molecular formula is C31H31NO5. The average molecular weight is 498 g/mol. The maximum Gasteiger partial charge on any atom is 0.295 e. The number of rotatable bonds is 4. The molecule has 1 atom stereocenters. The van der Waals surface area contributed by atoms with E-state index in [0.717, 1.165) is 27.8 Å². The lowest BCUT2D eigenvalue weighted by Gasteiger charge is -2.27. The first-order chi connectivity index (χ1) is 17.5. The molecule has 190 valence electrons. The summed E-state index contributed by atoms with van der Waals surface area (Å²) in [4.78, 5) is 28.3. The normalized spacial score (nSPS) is 18.5. The number of Topliss-reactive ketones (excluding diaryl/α,β-unsaturated/α-hetero) is 1. The van der Waals surface area contributed by atoms with E-state index >= 15 is 0 Å². The number of carbonyl (C=O) groups is 2. The fourth-order valence-corrected chi connectivity index (χ4v) is 4.84. The molecular weight excluding hydrogens is 466 g/mol. The summed E-state index contributed by atoms with van der Waals surface area (Å²) in [5, 5.41) is 11.4. The average Bonchev–Trinajstić information content (AvgIpc) is 3.43. The van der Waals surface area contributed by atoms with E-state index in [2.05, 4.69) is 20.8 Å². The van der Waals surface area contributed by atoms with Crippen LogP contribution in [0.5, 0.6) is 11.5 Å². The van der Waals surface area contributed by atoms with Crippen molar-refractivity contribution in [3.05, 3.63) is 99.6 Å². The lowest BCUT2D eigenvalue weighted by molar-refractivity contribution is -0.140. The molecule has 3 aromatic rings. The smallest absolute Gasteiger partial charge is 0.295 e.